The highest BCUT2D eigenvalue weighted by molar-refractivity contribution is 7.07. The van der Waals surface area contributed by atoms with Gasteiger partial charge in [-0.2, -0.15) is 5.26 Å². The smallest absolute Gasteiger partial charge is 0.273 e. The fourth-order valence-electron chi connectivity index (χ4n) is 3.68. The van der Waals surface area contributed by atoms with Crippen molar-refractivity contribution in [3.05, 3.63) is 116 Å². The van der Waals surface area contributed by atoms with Gasteiger partial charge in [0, 0.05) is 5.56 Å². The molecule has 4 rings (SSSR count). The van der Waals surface area contributed by atoms with Gasteiger partial charge in [-0.1, -0.05) is 66.7 Å². The van der Waals surface area contributed by atoms with Crippen LogP contribution in [0, 0.1) is 11.3 Å². The average molecular weight is 482 g/mol. The largest absolute Gasteiger partial charge is 0.496 e. The molecule has 1 amide bonds. The van der Waals surface area contributed by atoms with Crippen LogP contribution in [0.5, 0.6) is 5.75 Å². The Morgan fingerprint density at radius 1 is 1.03 bits per heavy atom. The Kier molecular flexibility index (Phi) is 7.24. The summed E-state index contributed by atoms with van der Waals surface area (Å²) in [5.41, 5.74) is 1.76. The van der Waals surface area contributed by atoms with Gasteiger partial charge in [-0.05, 0) is 36.8 Å². The maximum atomic E-state index is 13.5. The Bertz CT molecular complexity index is 1570. The fraction of sp³-hybridized carbons (Fsp3) is 0.107. The van der Waals surface area contributed by atoms with E-state index in [4.69, 9.17) is 4.74 Å². The molecule has 1 atom stereocenters. The van der Waals surface area contributed by atoms with E-state index in [1.807, 2.05) is 67.6 Å². The fourth-order valence-corrected chi connectivity index (χ4v) is 4.77. The van der Waals surface area contributed by atoms with Gasteiger partial charge >= 0.3 is 0 Å². The maximum absolute atomic E-state index is 13.5. The molecule has 0 aliphatic carbocycles. The Hall–Kier alpha value is -4.41. The lowest BCUT2D eigenvalue weighted by Crippen LogP contribution is -2.34. The quantitative estimate of drug-likeness (QED) is 0.458. The highest BCUT2D eigenvalue weighted by atomic mass is 32.1. The van der Waals surface area contributed by atoms with Gasteiger partial charge in [0.25, 0.3) is 11.5 Å². The highest BCUT2D eigenvalue weighted by Crippen LogP contribution is 2.17. The summed E-state index contributed by atoms with van der Waals surface area (Å²) in [6.45, 7) is 1.85. The predicted molar refractivity (Wildman–Crippen MR) is 138 cm³/mol. The number of thiazole rings is 1. The molecule has 0 aliphatic rings. The minimum Gasteiger partial charge on any atom is -0.496 e. The lowest BCUT2D eigenvalue weighted by molar-refractivity contribution is -0.116. The summed E-state index contributed by atoms with van der Waals surface area (Å²) in [5.74, 6) is 0.0747. The molecular formula is C28H23N3O3S. The third-order valence-corrected chi connectivity index (χ3v) is 6.56. The molecule has 0 radical (unpaired) electrons. The molecule has 4 aromatic rings. The van der Waals surface area contributed by atoms with Crippen LogP contribution in [0.1, 0.15) is 24.1 Å². The summed E-state index contributed by atoms with van der Waals surface area (Å²) >= 11 is 1.10. The van der Waals surface area contributed by atoms with Gasteiger partial charge in [0.05, 0.1) is 23.4 Å². The summed E-state index contributed by atoms with van der Waals surface area (Å²) in [5, 5.41) is 12.9. The van der Waals surface area contributed by atoms with Crippen molar-refractivity contribution in [3.63, 3.8) is 0 Å². The molecule has 0 saturated carbocycles. The number of hydrogen-bond acceptors (Lipinski definition) is 5. The molecule has 0 spiro atoms. The van der Waals surface area contributed by atoms with Crippen LogP contribution in [-0.2, 0) is 4.79 Å². The summed E-state index contributed by atoms with van der Waals surface area (Å²) in [4.78, 5) is 26.7. The number of nitrogens with one attached hydrogen (secondary N) is 1. The number of para-hydroxylation sites is 2. The van der Waals surface area contributed by atoms with Crippen LogP contribution in [0.4, 0.5) is 0 Å². The number of carbonyl (C=O) groups is 1. The number of nitrogens with zero attached hydrogens (tertiary/aromatic N) is 2. The van der Waals surface area contributed by atoms with Crippen LogP contribution in [-0.4, -0.2) is 17.6 Å². The number of carbonyl (C=O) groups excluding carboxylic acids is 1. The Morgan fingerprint density at radius 3 is 2.31 bits per heavy atom. The highest BCUT2D eigenvalue weighted by Gasteiger charge is 2.19. The van der Waals surface area contributed by atoms with E-state index in [1.165, 1.54) is 4.57 Å². The number of hydrogen-bond donors (Lipinski definition) is 1. The number of nitriles is 1. The number of ether oxygens (including phenoxy) is 1. The standard InChI is InChI=1S/C28H23N3O3S/c1-19(20-11-5-3-6-12-20)30-26(32)23(18-29)28-31(22-14-7-4-8-15-22)27(33)25(35-28)17-21-13-9-10-16-24(21)34-2/h3-17,19H,1-2H3,(H,30,32)/b25-17+,28-23+. The molecule has 3 aromatic carbocycles. The van der Waals surface area contributed by atoms with Crippen LogP contribution >= 0.6 is 11.3 Å². The molecule has 7 heteroatoms. The molecule has 0 aliphatic heterocycles. The van der Waals surface area contributed by atoms with E-state index in [0.717, 1.165) is 22.5 Å². The number of methoxy groups -OCH3 is 1. The van der Waals surface area contributed by atoms with Gasteiger partial charge in [0.2, 0.25) is 0 Å². The van der Waals surface area contributed by atoms with E-state index in [9.17, 15) is 14.9 Å². The van der Waals surface area contributed by atoms with E-state index in [-0.39, 0.29) is 21.8 Å². The Labute approximate surface area is 206 Å². The predicted octanol–water partition coefficient (Wildman–Crippen LogP) is 3.29. The summed E-state index contributed by atoms with van der Waals surface area (Å²) in [7, 11) is 1.56. The molecule has 1 heterocycles. The lowest BCUT2D eigenvalue weighted by atomic mass is 10.1. The van der Waals surface area contributed by atoms with Crippen LogP contribution in [0.15, 0.2) is 89.7 Å². The molecule has 1 N–H and O–H groups in total. The van der Waals surface area contributed by atoms with Gasteiger partial charge < -0.3 is 10.1 Å². The van der Waals surface area contributed by atoms with Crippen molar-refractivity contribution < 1.29 is 9.53 Å². The van der Waals surface area contributed by atoms with Crippen molar-refractivity contribution in [2.45, 2.75) is 13.0 Å². The number of rotatable bonds is 6. The Morgan fingerprint density at radius 2 is 1.66 bits per heavy atom. The van der Waals surface area contributed by atoms with E-state index in [2.05, 4.69) is 5.32 Å². The van der Waals surface area contributed by atoms with Crippen molar-refractivity contribution in [3.8, 4) is 17.5 Å². The zero-order chi connectivity index (χ0) is 24.8. The first kappa shape index (κ1) is 23.7. The van der Waals surface area contributed by atoms with Gasteiger partial charge in [0.15, 0.2) is 5.57 Å². The van der Waals surface area contributed by atoms with Crippen molar-refractivity contribution in [1.29, 1.82) is 5.26 Å². The zero-order valence-corrected chi connectivity index (χ0v) is 20.1. The van der Waals surface area contributed by atoms with Gasteiger partial charge in [0.1, 0.15) is 16.5 Å². The molecular weight excluding hydrogens is 458 g/mol. The van der Waals surface area contributed by atoms with E-state index in [1.54, 1.807) is 43.5 Å². The van der Waals surface area contributed by atoms with E-state index >= 15 is 0 Å². The van der Waals surface area contributed by atoms with Crippen LogP contribution in [0.3, 0.4) is 0 Å². The molecule has 174 valence electrons. The second-order valence-corrected chi connectivity index (χ2v) is 8.76. The molecule has 35 heavy (non-hydrogen) atoms. The van der Waals surface area contributed by atoms with Gasteiger partial charge in [-0.15, -0.1) is 11.3 Å². The maximum Gasteiger partial charge on any atom is 0.273 e. The molecule has 0 saturated heterocycles. The number of benzene rings is 3. The average Bonchev–Trinajstić information content (AvgIpc) is 3.21. The van der Waals surface area contributed by atoms with Gasteiger partial charge in [-0.25, -0.2) is 0 Å². The molecule has 0 fully saturated rings. The monoisotopic (exact) mass is 481 g/mol. The van der Waals surface area contributed by atoms with Gasteiger partial charge in [-0.3, -0.25) is 14.2 Å². The minimum atomic E-state index is -0.543. The molecule has 6 nitrogen and oxygen atoms in total. The topological polar surface area (TPSA) is 84.1 Å². The third-order valence-electron chi connectivity index (χ3n) is 5.46. The second-order valence-electron chi connectivity index (χ2n) is 7.73. The summed E-state index contributed by atoms with van der Waals surface area (Å²) < 4.78 is 7.47. The first-order chi connectivity index (χ1) is 17.0. The van der Waals surface area contributed by atoms with E-state index in [0.29, 0.717) is 16.0 Å². The molecule has 0 bridgehead atoms. The first-order valence-corrected chi connectivity index (χ1v) is 11.8. The van der Waals surface area contributed by atoms with Crippen molar-refractivity contribution in [2.24, 2.45) is 0 Å². The number of aromatic nitrogens is 1. The lowest BCUT2D eigenvalue weighted by Gasteiger charge is -2.13. The molecule has 1 unspecified atom stereocenters. The zero-order valence-electron chi connectivity index (χ0n) is 19.3. The van der Waals surface area contributed by atoms with Crippen LogP contribution in [0.2, 0.25) is 0 Å². The number of amides is 1. The Balaban J connectivity index is 1.92. The first-order valence-electron chi connectivity index (χ1n) is 11.0. The normalized spacial score (nSPS) is 13.0. The second kappa shape index (κ2) is 10.7. The summed E-state index contributed by atoms with van der Waals surface area (Å²) in [6.07, 6.45) is 1.72. The van der Waals surface area contributed by atoms with Crippen molar-refractivity contribution >= 4 is 28.9 Å². The SMILES string of the molecule is COc1ccccc1/C=c1/s/c(=C(\C#N)C(=O)NC(C)c2ccccc2)n(-c2ccccc2)c1=O. The van der Waals surface area contributed by atoms with Crippen molar-refractivity contribution in [1.82, 2.24) is 9.88 Å². The van der Waals surface area contributed by atoms with E-state index < -0.39 is 5.91 Å². The van der Waals surface area contributed by atoms with Crippen LogP contribution in [0.25, 0.3) is 17.3 Å². The third kappa shape index (κ3) is 5.08. The minimum absolute atomic E-state index is 0.126. The van der Waals surface area contributed by atoms with Crippen molar-refractivity contribution in [2.75, 3.05) is 7.11 Å². The molecule has 1 aromatic heterocycles. The van der Waals surface area contributed by atoms with Crippen LogP contribution < -0.4 is 24.8 Å². The summed E-state index contributed by atoms with van der Waals surface area (Å²) in [6, 6.07) is 27.5.